The van der Waals surface area contributed by atoms with Crippen molar-refractivity contribution in [1.82, 2.24) is 4.90 Å². The first-order valence-electron chi connectivity index (χ1n) is 3.98. The molecule has 0 aromatic carbocycles. The Balaban J connectivity index is 1.90. The summed E-state index contributed by atoms with van der Waals surface area (Å²) in [5.74, 6) is 0. The predicted molar refractivity (Wildman–Crippen MR) is 39.7 cm³/mol. The molecule has 0 radical (unpaired) electrons. The minimum Gasteiger partial charge on any atom is -0.378 e. The summed E-state index contributed by atoms with van der Waals surface area (Å²) in [7, 11) is 0. The van der Waals surface area contributed by atoms with Crippen LogP contribution in [0.2, 0.25) is 0 Å². The lowest BCUT2D eigenvalue weighted by atomic mass is 10.0. The van der Waals surface area contributed by atoms with Crippen molar-refractivity contribution in [2.45, 2.75) is 12.8 Å². The molecule has 1 heterocycles. The van der Waals surface area contributed by atoms with E-state index in [1.807, 2.05) is 0 Å². The summed E-state index contributed by atoms with van der Waals surface area (Å²) in [6.07, 6.45) is 4.90. The Kier molecular flexibility index (Phi) is 1.63. The summed E-state index contributed by atoms with van der Waals surface area (Å²) < 4.78 is 5.25. The molecule has 2 rings (SSSR count). The second kappa shape index (κ2) is 2.62. The van der Waals surface area contributed by atoms with Gasteiger partial charge in [-0.1, -0.05) is 6.08 Å². The van der Waals surface area contributed by atoms with Crippen LogP contribution in [0.25, 0.3) is 0 Å². The number of morpholine rings is 1. The number of hydrogen-bond acceptors (Lipinski definition) is 2. The lowest BCUT2D eigenvalue weighted by molar-refractivity contribution is 0.0502. The second-order valence-corrected chi connectivity index (χ2v) is 2.83. The standard InChI is InChI=1S/C8H13NO/c1-2-8(3-1)9-4-6-10-7-5-9/h2H,1,3-7H2. The molecule has 0 bridgehead atoms. The van der Waals surface area contributed by atoms with Crippen molar-refractivity contribution in [2.75, 3.05) is 26.3 Å². The largest absolute Gasteiger partial charge is 0.378 e. The fourth-order valence-corrected chi connectivity index (χ4v) is 1.41. The number of ether oxygens (including phenoxy) is 1. The highest BCUT2D eigenvalue weighted by Crippen LogP contribution is 2.22. The number of hydrogen-bond donors (Lipinski definition) is 0. The van der Waals surface area contributed by atoms with Crippen LogP contribution in [-0.4, -0.2) is 31.2 Å². The van der Waals surface area contributed by atoms with Crippen LogP contribution >= 0.6 is 0 Å². The van der Waals surface area contributed by atoms with Crippen molar-refractivity contribution >= 4 is 0 Å². The van der Waals surface area contributed by atoms with E-state index in [4.69, 9.17) is 4.74 Å². The van der Waals surface area contributed by atoms with Gasteiger partial charge in [0.15, 0.2) is 0 Å². The SMILES string of the molecule is C1=C(N2CCOCC2)CC1. The van der Waals surface area contributed by atoms with E-state index in [0.29, 0.717) is 0 Å². The summed E-state index contributed by atoms with van der Waals surface area (Å²) in [5, 5.41) is 0. The zero-order chi connectivity index (χ0) is 6.81. The van der Waals surface area contributed by atoms with Crippen LogP contribution in [0.4, 0.5) is 0 Å². The molecule has 1 saturated heterocycles. The Morgan fingerprint density at radius 2 is 2.00 bits per heavy atom. The molecule has 56 valence electrons. The second-order valence-electron chi connectivity index (χ2n) is 2.83. The molecular weight excluding hydrogens is 126 g/mol. The minimum absolute atomic E-state index is 0.914. The highest BCUT2D eigenvalue weighted by Gasteiger charge is 2.16. The molecule has 1 aliphatic carbocycles. The molecule has 0 N–H and O–H groups in total. The van der Waals surface area contributed by atoms with Gasteiger partial charge in [-0.25, -0.2) is 0 Å². The van der Waals surface area contributed by atoms with Crippen molar-refractivity contribution in [1.29, 1.82) is 0 Å². The molecule has 0 aromatic heterocycles. The summed E-state index contributed by atoms with van der Waals surface area (Å²) in [6.45, 7) is 4.03. The third kappa shape index (κ3) is 1.03. The Morgan fingerprint density at radius 1 is 1.30 bits per heavy atom. The van der Waals surface area contributed by atoms with Crippen LogP contribution in [0, 0.1) is 0 Å². The van der Waals surface area contributed by atoms with E-state index in [-0.39, 0.29) is 0 Å². The molecular formula is C8H13NO. The molecule has 2 nitrogen and oxygen atoms in total. The Bertz CT molecular complexity index is 147. The Labute approximate surface area is 61.5 Å². The van der Waals surface area contributed by atoms with Crippen LogP contribution < -0.4 is 0 Å². The molecule has 0 aromatic rings. The van der Waals surface area contributed by atoms with Crippen molar-refractivity contribution < 1.29 is 4.74 Å². The van der Waals surface area contributed by atoms with Crippen molar-refractivity contribution in [3.63, 3.8) is 0 Å². The van der Waals surface area contributed by atoms with E-state index in [2.05, 4.69) is 11.0 Å². The van der Waals surface area contributed by atoms with E-state index in [0.717, 1.165) is 26.3 Å². The fraction of sp³-hybridized carbons (Fsp3) is 0.750. The van der Waals surface area contributed by atoms with Crippen molar-refractivity contribution in [3.8, 4) is 0 Å². The van der Waals surface area contributed by atoms with E-state index < -0.39 is 0 Å². The molecule has 0 unspecified atom stereocenters. The summed E-state index contributed by atoms with van der Waals surface area (Å²) >= 11 is 0. The van der Waals surface area contributed by atoms with E-state index in [9.17, 15) is 0 Å². The highest BCUT2D eigenvalue weighted by atomic mass is 16.5. The lowest BCUT2D eigenvalue weighted by Crippen LogP contribution is -2.36. The average molecular weight is 139 g/mol. The molecule has 1 fully saturated rings. The molecule has 0 saturated carbocycles. The van der Waals surface area contributed by atoms with Gasteiger partial charge in [0.05, 0.1) is 13.2 Å². The fourth-order valence-electron chi connectivity index (χ4n) is 1.41. The van der Waals surface area contributed by atoms with Crippen molar-refractivity contribution in [3.05, 3.63) is 11.8 Å². The van der Waals surface area contributed by atoms with Crippen molar-refractivity contribution in [2.24, 2.45) is 0 Å². The van der Waals surface area contributed by atoms with E-state index in [1.165, 1.54) is 12.8 Å². The summed E-state index contributed by atoms with van der Waals surface area (Å²) in [5.41, 5.74) is 1.54. The van der Waals surface area contributed by atoms with Gasteiger partial charge in [-0.05, 0) is 12.8 Å². The lowest BCUT2D eigenvalue weighted by Gasteiger charge is -2.34. The summed E-state index contributed by atoms with van der Waals surface area (Å²) in [4.78, 5) is 2.44. The monoisotopic (exact) mass is 139 g/mol. The van der Waals surface area contributed by atoms with Gasteiger partial charge in [-0.15, -0.1) is 0 Å². The van der Waals surface area contributed by atoms with Crippen LogP contribution in [0.5, 0.6) is 0 Å². The van der Waals surface area contributed by atoms with Gasteiger partial charge in [0.1, 0.15) is 0 Å². The van der Waals surface area contributed by atoms with Gasteiger partial charge >= 0.3 is 0 Å². The number of allylic oxidation sites excluding steroid dienone is 2. The predicted octanol–water partition coefficient (Wildman–Crippen LogP) is 0.996. The third-order valence-electron chi connectivity index (χ3n) is 2.20. The van der Waals surface area contributed by atoms with Gasteiger partial charge in [0.25, 0.3) is 0 Å². The van der Waals surface area contributed by atoms with Crippen LogP contribution in [0.1, 0.15) is 12.8 Å². The zero-order valence-corrected chi connectivity index (χ0v) is 6.18. The van der Waals surface area contributed by atoms with Gasteiger partial charge in [-0.3, -0.25) is 0 Å². The number of rotatable bonds is 1. The smallest absolute Gasteiger partial charge is 0.0642 e. The molecule has 10 heavy (non-hydrogen) atoms. The first-order valence-corrected chi connectivity index (χ1v) is 3.98. The highest BCUT2D eigenvalue weighted by molar-refractivity contribution is 5.11. The first-order chi connectivity index (χ1) is 4.97. The van der Waals surface area contributed by atoms with E-state index >= 15 is 0 Å². The molecule has 1 aliphatic heterocycles. The minimum atomic E-state index is 0.914. The quantitative estimate of drug-likeness (QED) is 0.537. The number of nitrogens with zero attached hydrogens (tertiary/aromatic N) is 1. The summed E-state index contributed by atoms with van der Waals surface area (Å²) in [6, 6.07) is 0. The molecule has 2 heteroatoms. The first kappa shape index (κ1) is 6.23. The molecule has 0 atom stereocenters. The third-order valence-corrected chi connectivity index (χ3v) is 2.20. The Hall–Kier alpha value is -0.500. The maximum Gasteiger partial charge on any atom is 0.0642 e. The van der Waals surface area contributed by atoms with Gasteiger partial charge in [-0.2, -0.15) is 0 Å². The van der Waals surface area contributed by atoms with Gasteiger partial charge < -0.3 is 9.64 Å². The molecule has 0 spiro atoms. The maximum absolute atomic E-state index is 5.25. The van der Waals surface area contributed by atoms with E-state index in [1.54, 1.807) is 5.70 Å². The molecule has 0 amide bonds. The van der Waals surface area contributed by atoms with Gasteiger partial charge in [0.2, 0.25) is 0 Å². The van der Waals surface area contributed by atoms with Crippen LogP contribution in [0.3, 0.4) is 0 Å². The topological polar surface area (TPSA) is 12.5 Å². The van der Waals surface area contributed by atoms with Gasteiger partial charge in [0, 0.05) is 18.8 Å². The zero-order valence-electron chi connectivity index (χ0n) is 6.18. The van der Waals surface area contributed by atoms with Crippen LogP contribution in [0.15, 0.2) is 11.8 Å². The normalized spacial score (nSPS) is 25.6. The maximum atomic E-state index is 5.25. The molecule has 2 aliphatic rings. The Morgan fingerprint density at radius 3 is 2.50 bits per heavy atom. The average Bonchev–Trinajstić information content (AvgIpc) is 1.86. The van der Waals surface area contributed by atoms with Crippen LogP contribution in [-0.2, 0) is 4.74 Å².